The van der Waals surface area contributed by atoms with Crippen LogP contribution >= 0.6 is 7.82 Å². The summed E-state index contributed by atoms with van der Waals surface area (Å²) in [6.07, 6.45) is 0.222. The number of nitrogens with one attached hydrogen (secondary N) is 1. The summed E-state index contributed by atoms with van der Waals surface area (Å²) in [5.74, 6) is -1.66. The number of aromatic nitrogens is 4. The van der Waals surface area contributed by atoms with E-state index in [9.17, 15) is 24.4 Å². The molecule has 1 aromatic carbocycles. The molecule has 4 rings (SSSR count). The first-order chi connectivity index (χ1) is 20.5. The molecule has 5 N–H and O–H groups in total. The van der Waals surface area contributed by atoms with E-state index in [1.165, 1.54) is 46.6 Å². The van der Waals surface area contributed by atoms with Crippen molar-refractivity contribution >= 4 is 50.2 Å². The summed E-state index contributed by atoms with van der Waals surface area (Å²) in [5.41, 5.74) is 7.30. The Balaban J connectivity index is 1.39. The summed E-state index contributed by atoms with van der Waals surface area (Å²) in [6.45, 7) is -0.0281. The van der Waals surface area contributed by atoms with Crippen molar-refractivity contribution < 1.29 is 47.6 Å². The van der Waals surface area contributed by atoms with Gasteiger partial charge in [-0.1, -0.05) is 12.1 Å². The van der Waals surface area contributed by atoms with Gasteiger partial charge in [0.1, 0.15) is 5.75 Å². The van der Waals surface area contributed by atoms with Crippen LogP contribution in [0, 0.1) is 0 Å². The van der Waals surface area contributed by atoms with Crippen molar-refractivity contribution in [3.05, 3.63) is 42.5 Å². The van der Waals surface area contributed by atoms with Gasteiger partial charge >= 0.3 is 184 Å². The topological polar surface area (TPSA) is 219 Å². The van der Waals surface area contributed by atoms with Crippen LogP contribution in [0.4, 0.5) is 5.82 Å². The number of imidazole rings is 1. The number of ether oxygens (including phenoxy) is 3. The van der Waals surface area contributed by atoms with Crippen LogP contribution in [-0.2, 0) is 44.1 Å². The average molecular weight is 620 g/mol. The van der Waals surface area contributed by atoms with Gasteiger partial charge in [0.2, 0.25) is 0 Å². The van der Waals surface area contributed by atoms with Crippen LogP contribution in [0.5, 0.6) is 5.75 Å². The molecule has 1 aliphatic heterocycles. The SMILES string of the molecule is B[PH](O)(OC)OC[C@@H]1C[C@H](OC(=O)CCC(=O)NC(Cc2ccc(O)cc2)C(=O)OC)[C@H](n2cnc3c(N)ncnc32)O1. The number of carbonyl (C=O) groups is 3. The molecule has 0 radical (unpaired) electrons. The average Bonchev–Trinajstić information content (AvgIpc) is 3.60. The zero-order chi connectivity index (χ0) is 31.1. The number of nitrogens with zero attached hydrogens (tertiary/aromatic N) is 4. The fourth-order valence-electron chi connectivity index (χ4n) is 4.45. The summed E-state index contributed by atoms with van der Waals surface area (Å²) >= 11 is 0. The number of nitrogen functional groups attached to an aromatic ring is 1. The number of nitrogens with two attached hydrogens (primary N) is 1. The van der Waals surface area contributed by atoms with Gasteiger partial charge in [-0.2, -0.15) is 0 Å². The Morgan fingerprint density at radius 2 is 1.95 bits per heavy atom. The number of esters is 2. The van der Waals surface area contributed by atoms with Crippen molar-refractivity contribution in [1.29, 1.82) is 0 Å². The molecule has 0 spiro atoms. The minimum absolute atomic E-state index is 0.0281. The second kappa shape index (κ2) is 14.1. The maximum absolute atomic E-state index is 12.9. The molecule has 0 bridgehead atoms. The van der Waals surface area contributed by atoms with Gasteiger partial charge in [0.05, 0.1) is 7.11 Å². The van der Waals surface area contributed by atoms with Gasteiger partial charge in [0.15, 0.2) is 0 Å². The number of methoxy groups -OCH3 is 1. The number of anilines is 1. The van der Waals surface area contributed by atoms with Gasteiger partial charge in [-0.05, 0) is 17.7 Å². The standard InChI is InChI=1S/C25H34BN6O10P/c1-38-25(36)17(9-14-3-5-15(33)6-4-14)31-19(34)7-8-20(35)42-18-10-16(11-40-43(26,37)39-2)41-24(18)32-13-30-21-22(27)28-12-29-23(21)32/h3-6,12-13,16-18,24,33,37,43H,7-11,26H2,1-2H3,(H,31,34)(H2,27,28,29)/t16-,17?,18-,24+/m0/s1. The van der Waals surface area contributed by atoms with Crippen molar-refractivity contribution in [3.63, 3.8) is 0 Å². The number of carbonyl (C=O) groups excluding carboxylic acids is 3. The fourth-order valence-corrected chi connectivity index (χ4v) is 5.06. The number of hydrogen-bond donors (Lipinski definition) is 4. The summed E-state index contributed by atoms with van der Waals surface area (Å²) in [4.78, 5) is 60.4. The molecule has 232 valence electrons. The van der Waals surface area contributed by atoms with Gasteiger partial charge in [0.25, 0.3) is 0 Å². The molecule has 18 heteroatoms. The number of benzene rings is 1. The molecular weight excluding hydrogens is 586 g/mol. The zero-order valence-electron chi connectivity index (χ0n) is 23.8. The first kappa shape index (κ1) is 32.0. The van der Waals surface area contributed by atoms with Crippen LogP contribution in [0.15, 0.2) is 36.9 Å². The van der Waals surface area contributed by atoms with Gasteiger partial charge < -0.3 is 9.84 Å². The Morgan fingerprint density at radius 3 is 2.65 bits per heavy atom. The summed E-state index contributed by atoms with van der Waals surface area (Å²) < 4.78 is 28.7. The Hall–Kier alpha value is -3.89. The number of amides is 1. The molecule has 0 aliphatic carbocycles. The normalized spacial score (nSPS) is 19.6. The first-order valence-corrected chi connectivity index (χ1v) is 15.6. The second-order valence-corrected chi connectivity index (χ2v) is 12.4. The first-order valence-electron chi connectivity index (χ1n) is 13.3. The van der Waals surface area contributed by atoms with Crippen LogP contribution in [0.2, 0.25) is 0 Å². The molecule has 43 heavy (non-hydrogen) atoms. The van der Waals surface area contributed by atoms with Crippen molar-refractivity contribution in [3.8, 4) is 5.75 Å². The van der Waals surface area contributed by atoms with E-state index in [0.717, 1.165) is 0 Å². The number of phenols is 1. The molecule has 1 amide bonds. The predicted molar refractivity (Wildman–Crippen MR) is 155 cm³/mol. The third-order valence-corrected chi connectivity index (χ3v) is 8.22. The van der Waals surface area contributed by atoms with Crippen LogP contribution in [0.25, 0.3) is 11.2 Å². The van der Waals surface area contributed by atoms with E-state index in [1.54, 1.807) is 16.7 Å². The molecule has 1 fully saturated rings. The Labute approximate surface area is 247 Å². The number of phenolic OH excluding ortho intramolecular Hbond substituents is 1. The predicted octanol–water partition coefficient (Wildman–Crippen LogP) is -0.308. The van der Waals surface area contributed by atoms with Crippen LogP contribution in [0.1, 0.15) is 31.1 Å². The Kier molecular flexibility index (Phi) is 10.5. The Morgan fingerprint density at radius 1 is 1.21 bits per heavy atom. The molecule has 3 heterocycles. The minimum atomic E-state index is -3.35. The van der Waals surface area contributed by atoms with Gasteiger partial charge in [-0.15, -0.1) is 0 Å². The van der Waals surface area contributed by atoms with Crippen molar-refractivity contribution in [2.45, 2.75) is 50.2 Å². The second-order valence-electron chi connectivity index (χ2n) is 9.92. The Bertz CT molecular complexity index is 1440. The third kappa shape index (κ3) is 8.36. The number of fused-ring (bicyclic) bond motifs is 1. The third-order valence-electron chi connectivity index (χ3n) is 6.76. The monoisotopic (exact) mass is 620 g/mol. The molecule has 4 atom stereocenters. The molecular formula is C25H34BN6O10P. The van der Waals surface area contributed by atoms with E-state index in [4.69, 9.17) is 29.0 Å². The van der Waals surface area contributed by atoms with Crippen molar-refractivity contribution in [1.82, 2.24) is 24.8 Å². The van der Waals surface area contributed by atoms with Gasteiger partial charge in [0, 0.05) is 6.42 Å². The van der Waals surface area contributed by atoms with Crippen molar-refractivity contribution in [2.75, 3.05) is 26.6 Å². The molecule has 1 saturated heterocycles. The quantitative estimate of drug-likeness (QED) is 0.110. The van der Waals surface area contributed by atoms with Crippen LogP contribution < -0.4 is 11.1 Å². The van der Waals surface area contributed by atoms with E-state index in [-0.39, 0.29) is 43.9 Å². The van der Waals surface area contributed by atoms with E-state index < -0.39 is 50.1 Å². The van der Waals surface area contributed by atoms with E-state index >= 15 is 0 Å². The van der Waals surface area contributed by atoms with Crippen LogP contribution in [0.3, 0.4) is 0 Å². The zero-order valence-corrected chi connectivity index (χ0v) is 24.8. The van der Waals surface area contributed by atoms with Gasteiger partial charge in [-0.25, -0.2) is 4.79 Å². The number of rotatable bonds is 13. The number of hydrogen-bond acceptors (Lipinski definition) is 14. The summed E-state index contributed by atoms with van der Waals surface area (Å²) in [5, 5.41) is 12.1. The summed E-state index contributed by atoms with van der Waals surface area (Å²) in [6, 6.07) is 5.18. The molecule has 1 unspecified atom stereocenters. The molecule has 0 saturated carbocycles. The fraction of sp³-hybridized carbons (Fsp3) is 0.440. The van der Waals surface area contributed by atoms with Crippen molar-refractivity contribution in [2.24, 2.45) is 0 Å². The molecule has 3 aromatic rings. The van der Waals surface area contributed by atoms with Gasteiger partial charge in [-0.3, -0.25) is 0 Å². The molecule has 2 aromatic heterocycles. The summed E-state index contributed by atoms with van der Waals surface area (Å²) in [7, 11) is 0.656. The molecule has 1 aliphatic rings. The van der Waals surface area contributed by atoms with E-state index in [0.29, 0.717) is 16.7 Å². The maximum atomic E-state index is 12.9. The van der Waals surface area contributed by atoms with E-state index in [2.05, 4.69) is 20.3 Å². The van der Waals surface area contributed by atoms with E-state index in [1.807, 2.05) is 0 Å². The van der Waals surface area contributed by atoms with Crippen LogP contribution in [-0.4, -0.2) is 94.0 Å². The molecule has 16 nitrogen and oxygen atoms in total. The number of aromatic hydroxyl groups is 1.